The van der Waals surface area contributed by atoms with E-state index in [2.05, 4.69) is 22.0 Å². The van der Waals surface area contributed by atoms with Gasteiger partial charge in [-0.3, -0.25) is 19.4 Å². The topological polar surface area (TPSA) is 129 Å². The SMILES string of the molecule is C=CCN1C(=O)[C@](O)([C@H](C)/C=C/CCn2cc(C(CO)c3ccccc3)nn2)c2cc(-n3[nH]c4ccccc4c3=O)ccc21. The van der Waals surface area contributed by atoms with Gasteiger partial charge in [-0.1, -0.05) is 72.8 Å². The number of para-hydroxylation sites is 1. The third kappa shape index (κ3) is 4.97. The summed E-state index contributed by atoms with van der Waals surface area (Å²) in [5, 5.41) is 34.2. The van der Waals surface area contributed by atoms with E-state index in [0.29, 0.717) is 46.5 Å². The molecule has 1 unspecified atom stereocenters. The number of benzene rings is 3. The standard InChI is InChI=1S/C34H34N6O4/c1-3-18-39-31-17-16-25(40-32(42)26-14-7-8-15-29(26)36-40)20-28(31)34(44,33(39)43)23(2)11-9-10-19-38-21-30(35-37-38)27(22-41)24-12-5-4-6-13-24/h3-9,11-17,20-21,23,27,36,41,44H,1,10,18-19,22H2,2H3/b11-9+/t23-,27?,34+/m1/s1. The monoisotopic (exact) mass is 590 g/mol. The number of amides is 1. The maximum absolute atomic E-state index is 13.7. The first-order chi connectivity index (χ1) is 21.4. The average molecular weight is 591 g/mol. The van der Waals surface area contributed by atoms with E-state index in [1.165, 1.54) is 9.58 Å². The summed E-state index contributed by atoms with van der Waals surface area (Å²) in [6, 6.07) is 22.2. The van der Waals surface area contributed by atoms with Crippen LogP contribution in [0.4, 0.5) is 5.69 Å². The van der Waals surface area contributed by atoms with Crippen LogP contribution in [0.1, 0.15) is 36.1 Å². The number of aryl methyl sites for hydroxylation is 1. The van der Waals surface area contributed by atoms with Gasteiger partial charge < -0.3 is 15.1 Å². The van der Waals surface area contributed by atoms with Crippen LogP contribution in [0.3, 0.4) is 0 Å². The Hall–Kier alpha value is -5.06. The minimum absolute atomic E-state index is 0.0757. The van der Waals surface area contributed by atoms with Crippen LogP contribution in [0.25, 0.3) is 16.6 Å². The zero-order chi connectivity index (χ0) is 30.8. The number of carbonyl (C=O) groups excluding carboxylic acids is 1. The number of nitrogens with one attached hydrogen (secondary N) is 1. The summed E-state index contributed by atoms with van der Waals surface area (Å²) in [7, 11) is 0. The normalized spacial score (nSPS) is 17.8. The molecule has 3 atom stereocenters. The first kappa shape index (κ1) is 29.0. The van der Waals surface area contributed by atoms with Crippen LogP contribution in [0, 0.1) is 5.92 Å². The van der Waals surface area contributed by atoms with Crippen LogP contribution in [0.5, 0.6) is 0 Å². The zero-order valence-corrected chi connectivity index (χ0v) is 24.4. The summed E-state index contributed by atoms with van der Waals surface area (Å²) in [5.74, 6) is -1.28. The van der Waals surface area contributed by atoms with Gasteiger partial charge in [-0.15, -0.1) is 11.7 Å². The van der Waals surface area contributed by atoms with Gasteiger partial charge in [0.25, 0.3) is 11.5 Å². The van der Waals surface area contributed by atoms with Crippen LogP contribution >= 0.6 is 0 Å². The lowest BCUT2D eigenvalue weighted by molar-refractivity contribution is -0.139. The fourth-order valence-electron chi connectivity index (χ4n) is 5.91. The van der Waals surface area contributed by atoms with E-state index in [4.69, 9.17) is 0 Å². The summed E-state index contributed by atoms with van der Waals surface area (Å²) in [4.78, 5) is 28.4. The van der Waals surface area contributed by atoms with E-state index < -0.39 is 17.4 Å². The van der Waals surface area contributed by atoms with Crippen molar-refractivity contribution in [3.05, 3.63) is 131 Å². The van der Waals surface area contributed by atoms with E-state index >= 15 is 0 Å². The molecule has 0 spiro atoms. The Balaban J connectivity index is 1.23. The molecule has 0 saturated heterocycles. The second-order valence-electron chi connectivity index (χ2n) is 11.0. The Bertz CT molecular complexity index is 1910. The lowest BCUT2D eigenvalue weighted by Gasteiger charge is -2.27. The number of aliphatic hydroxyl groups excluding tert-OH is 1. The highest BCUT2D eigenvalue weighted by molar-refractivity contribution is 6.07. The Morgan fingerprint density at radius 2 is 1.84 bits per heavy atom. The van der Waals surface area contributed by atoms with Crippen LogP contribution in [-0.4, -0.2) is 54.0 Å². The maximum Gasteiger partial charge on any atom is 0.279 e. The summed E-state index contributed by atoms with van der Waals surface area (Å²) in [5.41, 5.74) is 1.82. The molecule has 0 bridgehead atoms. The fraction of sp³-hybridized carbons (Fsp3) is 0.235. The van der Waals surface area contributed by atoms with Gasteiger partial charge in [0.1, 0.15) is 0 Å². The van der Waals surface area contributed by atoms with Crippen molar-refractivity contribution in [1.29, 1.82) is 0 Å². The molecule has 224 valence electrons. The molecule has 2 aromatic heterocycles. The number of aliphatic hydroxyl groups is 2. The molecule has 1 amide bonds. The molecule has 1 aliphatic rings. The van der Waals surface area contributed by atoms with Crippen LogP contribution in [-0.2, 0) is 16.9 Å². The van der Waals surface area contributed by atoms with Gasteiger partial charge in [-0.2, -0.15) is 0 Å². The molecule has 0 fully saturated rings. The molecule has 44 heavy (non-hydrogen) atoms. The molecule has 1 aliphatic heterocycles. The largest absolute Gasteiger partial charge is 0.395 e. The van der Waals surface area contributed by atoms with Gasteiger partial charge in [0.2, 0.25) is 0 Å². The second kappa shape index (κ2) is 11.9. The van der Waals surface area contributed by atoms with Crippen molar-refractivity contribution in [3.8, 4) is 5.69 Å². The quantitative estimate of drug-likeness (QED) is 0.199. The van der Waals surface area contributed by atoms with E-state index in [1.807, 2.05) is 66.9 Å². The smallest absolute Gasteiger partial charge is 0.279 e. The Morgan fingerprint density at radius 1 is 1.07 bits per heavy atom. The molecular weight excluding hydrogens is 556 g/mol. The van der Waals surface area contributed by atoms with Crippen molar-refractivity contribution in [2.75, 3.05) is 18.1 Å². The van der Waals surface area contributed by atoms with Gasteiger partial charge >= 0.3 is 0 Å². The Kier molecular flexibility index (Phi) is 7.86. The van der Waals surface area contributed by atoms with Crippen molar-refractivity contribution in [3.63, 3.8) is 0 Å². The third-order valence-electron chi connectivity index (χ3n) is 8.32. The Morgan fingerprint density at radius 3 is 2.59 bits per heavy atom. The molecule has 3 heterocycles. The molecule has 5 aromatic rings. The van der Waals surface area contributed by atoms with Gasteiger partial charge in [0.15, 0.2) is 5.60 Å². The minimum atomic E-state index is -1.84. The molecule has 0 saturated carbocycles. The highest BCUT2D eigenvalue weighted by Crippen LogP contribution is 2.46. The predicted molar refractivity (Wildman–Crippen MR) is 169 cm³/mol. The number of rotatable bonds is 11. The Labute approximate surface area is 254 Å². The summed E-state index contributed by atoms with van der Waals surface area (Å²) in [6.45, 7) is 6.28. The summed E-state index contributed by atoms with van der Waals surface area (Å²) in [6.07, 6.45) is 7.78. The van der Waals surface area contributed by atoms with Crippen LogP contribution < -0.4 is 10.5 Å². The molecule has 0 aliphatic carbocycles. The van der Waals surface area contributed by atoms with Crippen molar-refractivity contribution >= 4 is 22.5 Å². The second-order valence-corrected chi connectivity index (χ2v) is 11.0. The van der Waals surface area contributed by atoms with Crippen LogP contribution in [0.15, 0.2) is 109 Å². The minimum Gasteiger partial charge on any atom is -0.395 e. The molecular formula is C34H34N6O4. The number of hydrogen-bond donors (Lipinski definition) is 3. The first-order valence-electron chi connectivity index (χ1n) is 14.6. The molecule has 10 heteroatoms. The van der Waals surface area contributed by atoms with Crippen molar-refractivity contribution in [2.24, 2.45) is 5.92 Å². The average Bonchev–Trinajstić information content (AvgIpc) is 3.71. The van der Waals surface area contributed by atoms with Crippen molar-refractivity contribution < 1.29 is 15.0 Å². The molecule has 3 N–H and O–H groups in total. The number of hydrogen-bond acceptors (Lipinski definition) is 6. The number of carbonyl (C=O) groups is 1. The zero-order valence-electron chi connectivity index (χ0n) is 24.4. The molecule has 0 radical (unpaired) electrons. The number of allylic oxidation sites excluding steroid dienone is 1. The van der Waals surface area contributed by atoms with Crippen molar-refractivity contribution in [2.45, 2.75) is 31.4 Å². The maximum atomic E-state index is 13.7. The third-order valence-corrected chi connectivity index (χ3v) is 8.32. The number of fused-ring (bicyclic) bond motifs is 2. The van der Waals surface area contributed by atoms with Gasteiger partial charge in [0.05, 0.1) is 40.5 Å². The lowest BCUT2D eigenvalue weighted by Crippen LogP contribution is -2.44. The van der Waals surface area contributed by atoms with E-state index in [0.717, 1.165) is 5.56 Å². The van der Waals surface area contributed by atoms with Crippen molar-refractivity contribution in [1.82, 2.24) is 24.8 Å². The van der Waals surface area contributed by atoms with E-state index in [1.54, 1.807) is 41.9 Å². The molecule has 6 rings (SSSR count). The first-order valence-corrected chi connectivity index (χ1v) is 14.6. The predicted octanol–water partition coefficient (Wildman–Crippen LogP) is 4.04. The lowest BCUT2D eigenvalue weighted by atomic mass is 9.82. The number of aromatic nitrogens is 5. The number of aromatic amines is 1. The van der Waals surface area contributed by atoms with Gasteiger partial charge in [0, 0.05) is 30.8 Å². The number of anilines is 1. The van der Waals surface area contributed by atoms with Gasteiger partial charge in [-0.25, -0.2) is 4.68 Å². The molecule has 3 aromatic carbocycles. The van der Waals surface area contributed by atoms with Gasteiger partial charge in [-0.05, 0) is 42.3 Å². The number of nitrogens with zero attached hydrogens (tertiary/aromatic N) is 5. The van der Waals surface area contributed by atoms with Crippen LogP contribution in [0.2, 0.25) is 0 Å². The highest BCUT2D eigenvalue weighted by atomic mass is 16.3. The summed E-state index contributed by atoms with van der Waals surface area (Å²) < 4.78 is 3.15. The van der Waals surface area contributed by atoms with E-state index in [9.17, 15) is 19.8 Å². The fourth-order valence-corrected chi connectivity index (χ4v) is 5.91. The number of H-pyrrole nitrogens is 1. The van der Waals surface area contributed by atoms with E-state index in [-0.39, 0.29) is 24.6 Å². The summed E-state index contributed by atoms with van der Waals surface area (Å²) >= 11 is 0. The molecule has 10 nitrogen and oxygen atoms in total. The highest BCUT2D eigenvalue weighted by Gasteiger charge is 2.52.